The zero-order valence-electron chi connectivity index (χ0n) is 16.7. The Kier molecular flexibility index (Phi) is 6.12. The molecule has 154 valence electrons. The van der Waals surface area contributed by atoms with Gasteiger partial charge >= 0.3 is 6.03 Å². The summed E-state index contributed by atoms with van der Waals surface area (Å²) in [6, 6.07) is 9.95. The fourth-order valence-electron chi connectivity index (χ4n) is 4.04. The van der Waals surface area contributed by atoms with E-state index in [0.717, 1.165) is 18.4 Å². The molecule has 1 aromatic carbocycles. The molecule has 0 radical (unpaired) electrons. The van der Waals surface area contributed by atoms with Crippen molar-refractivity contribution >= 4 is 11.9 Å². The average molecular weight is 396 g/mol. The molecule has 0 spiro atoms. The number of hydrogen-bond acceptors (Lipinski definition) is 4. The summed E-state index contributed by atoms with van der Waals surface area (Å²) in [5, 5.41) is 3.15. The van der Waals surface area contributed by atoms with Crippen LogP contribution in [0.1, 0.15) is 37.8 Å². The number of amides is 3. The van der Waals surface area contributed by atoms with Gasteiger partial charge in [0, 0.05) is 37.8 Å². The van der Waals surface area contributed by atoms with Crippen molar-refractivity contribution in [2.75, 3.05) is 26.2 Å². The van der Waals surface area contributed by atoms with E-state index < -0.39 is 0 Å². The van der Waals surface area contributed by atoms with Gasteiger partial charge in [0.1, 0.15) is 6.26 Å². The number of nitrogens with one attached hydrogen (secondary N) is 1. The fraction of sp³-hybridized carbons (Fsp3) is 0.500. The van der Waals surface area contributed by atoms with Gasteiger partial charge in [-0.15, -0.1) is 0 Å². The lowest BCUT2D eigenvalue weighted by Crippen LogP contribution is -2.55. The lowest BCUT2D eigenvalue weighted by Gasteiger charge is -2.36. The van der Waals surface area contributed by atoms with Crippen molar-refractivity contribution in [1.82, 2.24) is 20.1 Å². The minimum absolute atomic E-state index is 0.00741. The summed E-state index contributed by atoms with van der Waals surface area (Å²) in [5.41, 5.74) is 1.52. The Bertz CT molecular complexity index is 822. The zero-order chi connectivity index (χ0) is 20.1. The molecule has 3 amide bonds. The first-order valence-electron chi connectivity index (χ1n) is 10.5. The standard InChI is InChI=1S/C22H28N4O3/c27-20(15-19-16-29-21(23-19)17-7-3-1-4-8-17)25-11-13-26(14-12-25)22(28)24-18-9-5-2-6-10-18/h1,3-4,7-8,16,18H,2,5-6,9-15H2,(H,24,28). The fourth-order valence-corrected chi connectivity index (χ4v) is 4.04. The van der Waals surface area contributed by atoms with Crippen molar-refractivity contribution in [3.8, 4) is 11.5 Å². The number of benzene rings is 1. The molecule has 1 aliphatic carbocycles. The van der Waals surface area contributed by atoms with E-state index in [9.17, 15) is 9.59 Å². The highest BCUT2D eigenvalue weighted by Gasteiger charge is 2.26. The summed E-state index contributed by atoms with van der Waals surface area (Å²) in [7, 11) is 0. The molecular formula is C22H28N4O3. The molecule has 1 saturated carbocycles. The molecule has 7 nitrogen and oxygen atoms in total. The summed E-state index contributed by atoms with van der Waals surface area (Å²) in [5.74, 6) is 0.544. The maximum atomic E-state index is 12.6. The van der Waals surface area contributed by atoms with Crippen molar-refractivity contribution in [3.63, 3.8) is 0 Å². The van der Waals surface area contributed by atoms with Crippen LogP contribution in [-0.2, 0) is 11.2 Å². The number of piperazine rings is 1. The molecule has 0 atom stereocenters. The Hall–Kier alpha value is -2.83. The van der Waals surface area contributed by atoms with Crippen LogP contribution >= 0.6 is 0 Å². The Morgan fingerprint density at radius 3 is 2.41 bits per heavy atom. The summed E-state index contributed by atoms with van der Waals surface area (Å²) in [4.78, 5) is 33.2. The van der Waals surface area contributed by atoms with Crippen LogP contribution in [-0.4, -0.2) is 58.9 Å². The molecule has 1 saturated heterocycles. The van der Waals surface area contributed by atoms with Gasteiger partial charge in [0.05, 0.1) is 12.1 Å². The molecule has 0 unspecified atom stereocenters. The molecule has 2 aliphatic rings. The van der Waals surface area contributed by atoms with Gasteiger partial charge in [-0.25, -0.2) is 9.78 Å². The highest BCUT2D eigenvalue weighted by molar-refractivity contribution is 5.79. The number of carbonyl (C=O) groups is 2. The van der Waals surface area contributed by atoms with Crippen molar-refractivity contribution in [2.45, 2.75) is 44.6 Å². The second-order valence-corrected chi connectivity index (χ2v) is 7.84. The second-order valence-electron chi connectivity index (χ2n) is 7.84. The van der Waals surface area contributed by atoms with Gasteiger partial charge < -0.3 is 19.5 Å². The molecule has 2 fully saturated rings. The topological polar surface area (TPSA) is 78.7 Å². The maximum absolute atomic E-state index is 12.6. The Morgan fingerprint density at radius 1 is 1.00 bits per heavy atom. The second kappa shape index (κ2) is 9.11. The number of hydrogen-bond donors (Lipinski definition) is 1. The van der Waals surface area contributed by atoms with Crippen LogP contribution < -0.4 is 5.32 Å². The van der Waals surface area contributed by atoms with Crippen LogP contribution in [0.5, 0.6) is 0 Å². The SMILES string of the molecule is O=C(Cc1coc(-c2ccccc2)n1)N1CCN(C(=O)NC2CCCCC2)CC1. The van der Waals surface area contributed by atoms with Crippen molar-refractivity contribution in [3.05, 3.63) is 42.3 Å². The van der Waals surface area contributed by atoms with E-state index >= 15 is 0 Å². The number of oxazole rings is 1. The number of carbonyl (C=O) groups excluding carboxylic acids is 2. The first-order chi connectivity index (χ1) is 14.2. The van der Waals surface area contributed by atoms with Crippen molar-refractivity contribution < 1.29 is 14.0 Å². The summed E-state index contributed by atoms with van der Waals surface area (Å²) < 4.78 is 5.52. The third-order valence-electron chi connectivity index (χ3n) is 5.76. The Balaban J connectivity index is 1.25. The predicted octanol–water partition coefficient (Wildman–Crippen LogP) is 3.07. The number of aromatic nitrogens is 1. The van der Waals surface area contributed by atoms with E-state index in [0.29, 0.717) is 43.8 Å². The van der Waals surface area contributed by atoms with Gasteiger partial charge in [-0.3, -0.25) is 4.79 Å². The van der Waals surface area contributed by atoms with E-state index in [1.165, 1.54) is 19.3 Å². The first-order valence-corrected chi connectivity index (χ1v) is 10.5. The highest BCUT2D eigenvalue weighted by atomic mass is 16.3. The minimum atomic E-state index is 0.00741. The van der Waals surface area contributed by atoms with Crippen LogP contribution in [0.2, 0.25) is 0 Å². The van der Waals surface area contributed by atoms with E-state index in [-0.39, 0.29) is 18.4 Å². The predicted molar refractivity (Wildman–Crippen MR) is 109 cm³/mol. The van der Waals surface area contributed by atoms with E-state index in [2.05, 4.69) is 10.3 Å². The molecule has 2 aromatic rings. The molecule has 1 aliphatic heterocycles. The van der Waals surface area contributed by atoms with E-state index in [1.54, 1.807) is 11.2 Å². The Morgan fingerprint density at radius 2 is 1.69 bits per heavy atom. The summed E-state index contributed by atoms with van der Waals surface area (Å²) in [6.45, 7) is 2.25. The largest absolute Gasteiger partial charge is 0.444 e. The third-order valence-corrected chi connectivity index (χ3v) is 5.76. The lowest BCUT2D eigenvalue weighted by molar-refractivity contribution is -0.131. The van der Waals surface area contributed by atoms with Crippen molar-refractivity contribution in [2.24, 2.45) is 0 Å². The molecule has 1 N–H and O–H groups in total. The monoisotopic (exact) mass is 396 g/mol. The van der Waals surface area contributed by atoms with Crippen LogP contribution in [0.4, 0.5) is 4.79 Å². The number of rotatable bonds is 4. The molecular weight excluding hydrogens is 368 g/mol. The molecule has 2 heterocycles. The number of urea groups is 1. The molecule has 29 heavy (non-hydrogen) atoms. The Labute approximate surface area is 171 Å². The van der Waals surface area contributed by atoms with E-state index in [4.69, 9.17) is 4.42 Å². The van der Waals surface area contributed by atoms with Crippen LogP contribution in [0.25, 0.3) is 11.5 Å². The first kappa shape index (κ1) is 19.5. The van der Waals surface area contributed by atoms with Crippen molar-refractivity contribution in [1.29, 1.82) is 0 Å². The molecule has 1 aromatic heterocycles. The van der Waals surface area contributed by atoms with Crippen LogP contribution in [0.15, 0.2) is 41.0 Å². The normalized spacial score (nSPS) is 17.9. The van der Waals surface area contributed by atoms with Gasteiger partial charge in [-0.1, -0.05) is 37.5 Å². The summed E-state index contributed by atoms with van der Waals surface area (Å²) in [6.07, 6.45) is 7.58. The van der Waals surface area contributed by atoms with Crippen LogP contribution in [0, 0.1) is 0 Å². The van der Waals surface area contributed by atoms with E-state index in [1.807, 2.05) is 35.2 Å². The minimum Gasteiger partial charge on any atom is -0.444 e. The molecule has 7 heteroatoms. The lowest BCUT2D eigenvalue weighted by atomic mass is 9.96. The number of nitrogens with zero attached hydrogens (tertiary/aromatic N) is 3. The maximum Gasteiger partial charge on any atom is 0.317 e. The van der Waals surface area contributed by atoms with Gasteiger partial charge in [0.2, 0.25) is 11.8 Å². The van der Waals surface area contributed by atoms with Gasteiger partial charge in [-0.2, -0.15) is 0 Å². The van der Waals surface area contributed by atoms with Gasteiger partial charge in [0.25, 0.3) is 0 Å². The average Bonchev–Trinajstić information content (AvgIpc) is 3.23. The van der Waals surface area contributed by atoms with Gasteiger partial charge in [0.15, 0.2) is 0 Å². The zero-order valence-corrected chi connectivity index (χ0v) is 16.7. The quantitative estimate of drug-likeness (QED) is 0.861. The highest BCUT2D eigenvalue weighted by Crippen LogP contribution is 2.19. The van der Waals surface area contributed by atoms with Crippen LogP contribution in [0.3, 0.4) is 0 Å². The third kappa shape index (κ3) is 4.96. The van der Waals surface area contributed by atoms with Gasteiger partial charge in [-0.05, 0) is 25.0 Å². The smallest absolute Gasteiger partial charge is 0.317 e. The molecule has 4 rings (SSSR count). The molecule has 0 bridgehead atoms. The summed E-state index contributed by atoms with van der Waals surface area (Å²) >= 11 is 0.